The third-order valence-electron chi connectivity index (χ3n) is 2.76. The number of benzene rings is 1. The molecule has 0 aliphatic carbocycles. The molecule has 1 aromatic carbocycles. The van der Waals surface area contributed by atoms with Gasteiger partial charge in [-0.1, -0.05) is 19.1 Å². The Morgan fingerprint density at radius 1 is 1.26 bits per heavy atom. The molecule has 1 amide bonds. The van der Waals surface area contributed by atoms with Crippen LogP contribution < -0.4 is 10.6 Å². The average Bonchev–Trinajstić information content (AvgIpc) is 2.35. The molecule has 0 radical (unpaired) electrons. The molecule has 0 fully saturated rings. The zero-order valence-corrected chi connectivity index (χ0v) is 12.3. The molecule has 2 N–H and O–H groups in total. The Bertz CT molecular complexity index is 541. The number of para-hydroxylation sites is 2. The molecular formula is C13H20N2O3S. The molecule has 1 atom stereocenters. The summed E-state index contributed by atoms with van der Waals surface area (Å²) in [6.07, 6.45) is 2.01. The van der Waals surface area contributed by atoms with E-state index in [1.807, 2.05) is 19.1 Å². The highest BCUT2D eigenvalue weighted by Gasteiger charge is 2.23. The predicted molar refractivity (Wildman–Crippen MR) is 78.2 cm³/mol. The Hall–Kier alpha value is -1.56. The molecule has 6 heteroatoms. The van der Waals surface area contributed by atoms with Gasteiger partial charge in [0.1, 0.15) is 5.25 Å². The summed E-state index contributed by atoms with van der Waals surface area (Å²) in [6, 6.07) is 7.23. The van der Waals surface area contributed by atoms with E-state index in [0.717, 1.165) is 24.9 Å². The molecular weight excluding hydrogens is 264 g/mol. The van der Waals surface area contributed by atoms with E-state index >= 15 is 0 Å². The number of hydrogen-bond acceptors (Lipinski definition) is 4. The summed E-state index contributed by atoms with van der Waals surface area (Å²) in [7, 11) is -3.38. The summed E-state index contributed by atoms with van der Waals surface area (Å²) < 4.78 is 22.7. The van der Waals surface area contributed by atoms with Crippen LogP contribution in [-0.2, 0) is 14.6 Å². The summed E-state index contributed by atoms with van der Waals surface area (Å²) in [5, 5.41) is 4.76. The maximum absolute atomic E-state index is 11.9. The van der Waals surface area contributed by atoms with Crippen LogP contribution in [-0.4, -0.2) is 32.4 Å². The van der Waals surface area contributed by atoms with Gasteiger partial charge in [-0.05, 0) is 25.5 Å². The Labute approximate surface area is 114 Å². The van der Waals surface area contributed by atoms with Gasteiger partial charge in [-0.3, -0.25) is 4.79 Å². The number of amides is 1. The lowest BCUT2D eigenvalue weighted by Crippen LogP contribution is -2.32. The fraction of sp³-hybridized carbons (Fsp3) is 0.462. The lowest BCUT2D eigenvalue weighted by atomic mass is 10.2. The quantitative estimate of drug-likeness (QED) is 0.836. The number of anilines is 2. The van der Waals surface area contributed by atoms with Gasteiger partial charge in [-0.2, -0.15) is 0 Å². The van der Waals surface area contributed by atoms with E-state index in [2.05, 4.69) is 10.6 Å². The van der Waals surface area contributed by atoms with Crippen molar-refractivity contribution in [3.8, 4) is 0 Å². The first kappa shape index (κ1) is 15.5. The minimum Gasteiger partial charge on any atom is -0.383 e. The first-order valence-electron chi connectivity index (χ1n) is 6.19. The van der Waals surface area contributed by atoms with Crippen molar-refractivity contribution in [3.05, 3.63) is 24.3 Å². The van der Waals surface area contributed by atoms with E-state index in [-0.39, 0.29) is 0 Å². The summed E-state index contributed by atoms with van der Waals surface area (Å²) >= 11 is 0. The monoisotopic (exact) mass is 284 g/mol. The van der Waals surface area contributed by atoms with Gasteiger partial charge < -0.3 is 10.6 Å². The summed E-state index contributed by atoms with van der Waals surface area (Å²) in [5.41, 5.74) is 1.38. The molecule has 1 aromatic rings. The third-order valence-corrected chi connectivity index (χ3v) is 4.26. The van der Waals surface area contributed by atoms with Crippen molar-refractivity contribution < 1.29 is 13.2 Å². The molecule has 0 spiro atoms. The summed E-state index contributed by atoms with van der Waals surface area (Å²) in [5.74, 6) is -0.520. The number of carbonyl (C=O) groups is 1. The second-order valence-corrected chi connectivity index (χ2v) is 6.80. The minimum atomic E-state index is -3.38. The van der Waals surface area contributed by atoms with E-state index in [4.69, 9.17) is 0 Å². The second-order valence-electron chi connectivity index (χ2n) is 4.43. The molecule has 0 saturated carbocycles. The van der Waals surface area contributed by atoms with Crippen molar-refractivity contribution in [2.75, 3.05) is 23.4 Å². The molecule has 5 nitrogen and oxygen atoms in total. The molecule has 0 saturated heterocycles. The number of hydrogen-bond donors (Lipinski definition) is 2. The van der Waals surface area contributed by atoms with Gasteiger partial charge in [-0.25, -0.2) is 8.42 Å². The SMILES string of the molecule is CCCNc1ccccc1NC(=O)[C@@H](C)S(C)(=O)=O. The van der Waals surface area contributed by atoms with Crippen LogP contribution in [0.2, 0.25) is 0 Å². The van der Waals surface area contributed by atoms with E-state index in [0.29, 0.717) is 5.69 Å². The summed E-state index contributed by atoms with van der Waals surface area (Å²) in [6.45, 7) is 4.21. The zero-order chi connectivity index (χ0) is 14.5. The van der Waals surface area contributed by atoms with E-state index in [1.54, 1.807) is 12.1 Å². The van der Waals surface area contributed by atoms with Crippen LogP contribution in [0.25, 0.3) is 0 Å². The molecule has 1 rings (SSSR count). The molecule has 0 aliphatic rings. The number of sulfone groups is 1. The number of nitrogens with one attached hydrogen (secondary N) is 2. The third kappa shape index (κ3) is 4.55. The van der Waals surface area contributed by atoms with Crippen LogP contribution in [0.3, 0.4) is 0 Å². The maximum atomic E-state index is 11.9. The summed E-state index contributed by atoms with van der Waals surface area (Å²) in [4.78, 5) is 11.9. The molecule has 19 heavy (non-hydrogen) atoms. The standard InChI is InChI=1S/C13H20N2O3S/c1-4-9-14-11-7-5-6-8-12(11)15-13(16)10(2)19(3,17)18/h5-8,10,14H,4,9H2,1-3H3,(H,15,16)/t10-/m1/s1. The molecule has 0 bridgehead atoms. The van der Waals surface area contributed by atoms with Crippen LogP contribution in [0.4, 0.5) is 11.4 Å². The largest absolute Gasteiger partial charge is 0.383 e. The van der Waals surface area contributed by atoms with Crippen LogP contribution in [0.1, 0.15) is 20.3 Å². The fourth-order valence-corrected chi connectivity index (χ4v) is 1.88. The van der Waals surface area contributed by atoms with Gasteiger partial charge in [0.15, 0.2) is 9.84 Å². The van der Waals surface area contributed by atoms with Crippen molar-refractivity contribution in [3.63, 3.8) is 0 Å². The lowest BCUT2D eigenvalue weighted by Gasteiger charge is -2.14. The van der Waals surface area contributed by atoms with Crippen molar-refractivity contribution in [2.45, 2.75) is 25.5 Å². The van der Waals surface area contributed by atoms with E-state index < -0.39 is 21.0 Å². The molecule has 0 unspecified atom stereocenters. The maximum Gasteiger partial charge on any atom is 0.242 e. The van der Waals surface area contributed by atoms with Crippen molar-refractivity contribution in [1.82, 2.24) is 0 Å². The zero-order valence-electron chi connectivity index (χ0n) is 11.4. The Morgan fingerprint density at radius 2 is 1.84 bits per heavy atom. The van der Waals surface area contributed by atoms with Gasteiger partial charge in [0, 0.05) is 12.8 Å². The van der Waals surface area contributed by atoms with Crippen LogP contribution in [0, 0.1) is 0 Å². The van der Waals surface area contributed by atoms with E-state index in [1.165, 1.54) is 6.92 Å². The lowest BCUT2D eigenvalue weighted by molar-refractivity contribution is -0.115. The minimum absolute atomic E-state index is 0.520. The molecule has 0 heterocycles. The van der Waals surface area contributed by atoms with Gasteiger partial charge in [0.2, 0.25) is 5.91 Å². The molecule has 0 aliphatic heterocycles. The van der Waals surface area contributed by atoms with Gasteiger partial charge >= 0.3 is 0 Å². The Kier molecular flexibility index (Phi) is 5.35. The van der Waals surface area contributed by atoms with Crippen molar-refractivity contribution in [2.24, 2.45) is 0 Å². The van der Waals surface area contributed by atoms with Gasteiger partial charge in [0.25, 0.3) is 0 Å². The molecule has 0 aromatic heterocycles. The normalized spacial score (nSPS) is 12.8. The van der Waals surface area contributed by atoms with Crippen LogP contribution >= 0.6 is 0 Å². The van der Waals surface area contributed by atoms with Gasteiger partial charge in [0.05, 0.1) is 11.4 Å². The van der Waals surface area contributed by atoms with E-state index in [9.17, 15) is 13.2 Å². The molecule has 106 valence electrons. The van der Waals surface area contributed by atoms with Gasteiger partial charge in [-0.15, -0.1) is 0 Å². The number of rotatable bonds is 6. The first-order valence-corrected chi connectivity index (χ1v) is 8.14. The van der Waals surface area contributed by atoms with Crippen molar-refractivity contribution >= 4 is 27.1 Å². The topological polar surface area (TPSA) is 75.3 Å². The second kappa shape index (κ2) is 6.56. The van der Waals surface area contributed by atoms with Crippen LogP contribution in [0.15, 0.2) is 24.3 Å². The van der Waals surface area contributed by atoms with Crippen LogP contribution in [0.5, 0.6) is 0 Å². The predicted octanol–water partition coefficient (Wildman–Crippen LogP) is 1.88. The fourth-order valence-electron chi connectivity index (χ4n) is 1.43. The Balaban J connectivity index is 2.85. The average molecular weight is 284 g/mol. The Morgan fingerprint density at radius 3 is 2.37 bits per heavy atom. The van der Waals surface area contributed by atoms with Crippen molar-refractivity contribution in [1.29, 1.82) is 0 Å². The highest BCUT2D eigenvalue weighted by Crippen LogP contribution is 2.21. The highest BCUT2D eigenvalue weighted by atomic mass is 32.2. The first-order chi connectivity index (χ1) is 8.86. The number of carbonyl (C=O) groups excluding carboxylic acids is 1. The highest BCUT2D eigenvalue weighted by molar-refractivity contribution is 7.92. The smallest absolute Gasteiger partial charge is 0.242 e.